The van der Waals surface area contributed by atoms with Crippen LogP contribution in [0, 0.1) is 5.82 Å². The van der Waals surface area contributed by atoms with Crippen LogP contribution in [0.2, 0.25) is 0 Å². The van der Waals surface area contributed by atoms with Crippen LogP contribution >= 0.6 is 15.9 Å². The van der Waals surface area contributed by atoms with Gasteiger partial charge in [-0.25, -0.2) is 4.39 Å². The molecule has 0 saturated heterocycles. The first kappa shape index (κ1) is 13.9. The van der Waals surface area contributed by atoms with E-state index in [1.54, 1.807) is 12.1 Å². The molecule has 2 aromatic carbocycles. The number of benzene rings is 2. The van der Waals surface area contributed by atoms with Crippen molar-refractivity contribution in [1.29, 1.82) is 0 Å². The van der Waals surface area contributed by atoms with Gasteiger partial charge in [-0.15, -0.1) is 0 Å². The Balaban J connectivity index is 2.32. The van der Waals surface area contributed by atoms with E-state index in [-0.39, 0.29) is 5.82 Å². The van der Waals surface area contributed by atoms with Gasteiger partial charge in [0.15, 0.2) is 0 Å². The SMILES string of the molecule is CCN(Cc1c(N)cccc1Br)c1ccccc1F. The maximum absolute atomic E-state index is 13.8. The van der Waals surface area contributed by atoms with Crippen LogP contribution in [0.4, 0.5) is 15.8 Å². The lowest BCUT2D eigenvalue weighted by molar-refractivity contribution is 0.618. The van der Waals surface area contributed by atoms with Crippen LogP contribution in [-0.4, -0.2) is 6.54 Å². The van der Waals surface area contributed by atoms with Crippen LogP contribution in [0.5, 0.6) is 0 Å². The van der Waals surface area contributed by atoms with Gasteiger partial charge in [-0.05, 0) is 31.2 Å². The third-order valence-electron chi connectivity index (χ3n) is 3.08. The molecule has 0 aliphatic heterocycles. The molecule has 0 aromatic heterocycles. The van der Waals surface area contributed by atoms with Crippen LogP contribution in [0.1, 0.15) is 12.5 Å². The molecule has 2 aromatic rings. The highest BCUT2D eigenvalue weighted by Crippen LogP contribution is 2.27. The Hall–Kier alpha value is -1.55. The second-order valence-corrected chi connectivity index (χ2v) is 5.13. The highest BCUT2D eigenvalue weighted by atomic mass is 79.9. The van der Waals surface area contributed by atoms with Crippen LogP contribution in [-0.2, 0) is 6.54 Å². The Morgan fingerprint density at radius 2 is 1.89 bits per heavy atom. The molecule has 100 valence electrons. The fourth-order valence-electron chi connectivity index (χ4n) is 2.01. The van der Waals surface area contributed by atoms with Gasteiger partial charge >= 0.3 is 0 Å². The van der Waals surface area contributed by atoms with Gasteiger partial charge in [-0.1, -0.05) is 34.1 Å². The van der Waals surface area contributed by atoms with E-state index in [9.17, 15) is 4.39 Å². The normalized spacial score (nSPS) is 10.5. The van der Waals surface area contributed by atoms with E-state index >= 15 is 0 Å². The highest BCUT2D eigenvalue weighted by Gasteiger charge is 2.13. The first-order valence-corrected chi connectivity index (χ1v) is 6.95. The molecule has 0 aliphatic carbocycles. The lowest BCUT2D eigenvalue weighted by Crippen LogP contribution is -2.23. The zero-order valence-corrected chi connectivity index (χ0v) is 12.3. The van der Waals surface area contributed by atoms with Crippen LogP contribution in [0.3, 0.4) is 0 Å². The second-order valence-electron chi connectivity index (χ2n) is 4.27. The second kappa shape index (κ2) is 6.06. The quantitative estimate of drug-likeness (QED) is 0.855. The summed E-state index contributed by atoms with van der Waals surface area (Å²) in [7, 11) is 0. The molecule has 0 spiro atoms. The van der Waals surface area contributed by atoms with Gasteiger partial charge in [0.05, 0.1) is 5.69 Å². The molecular formula is C15H16BrFN2. The molecular weight excluding hydrogens is 307 g/mol. The molecule has 0 aliphatic rings. The fraction of sp³-hybridized carbons (Fsp3) is 0.200. The number of nitrogen functional groups attached to an aromatic ring is 1. The topological polar surface area (TPSA) is 29.3 Å². The molecule has 0 bridgehead atoms. The summed E-state index contributed by atoms with van der Waals surface area (Å²) in [6.45, 7) is 3.28. The number of anilines is 2. The average molecular weight is 323 g/mol. The van der Waals surface area contributed by atoms with Crippen LogP contribution < -0.4 is 10.6 Å². The number of nitrogens with zero attached hydrogens (tertiary/aromatic N) is 1. The number of rotatable bonds is 4. The highest BCUT2D eigenvalue weighted by molar-refractivity contribution is 9.10. The maximum Gasteiger partial charge on any atom is 0.146 e. The number of para-hydroxylation sites is 1. The number of hydrogen-bond acceptors (Lipinski definition) is 2. The average Bonchev–Trinajstić information content (AvgIpc) is 2.40. The van der Waals surface area contributed by atoms with Gasteiger partial charge in [-0.3, -0.25) is 0 Å². The summed E-state index contributed by atoms with van der Waals surface area (Å²) in [5.41, 5.74) is 8.28. The van der Waals surface area contributed by atoms with E-state index in [1.807, 2.05) is 36.1 Å². The fourth-order valence-corrected chi connectivity index (χ4v) is 2.52. The van der Waals surface area contributed by atoms with E-state index in [1.165, 1.54) is 6.07 Å². The van der Waals surface area contributed by atoms with E-state index in [0.717, 1.165) is 10.0 Å². The number of hydrogen-bond donors (Lipinski definition) is 1. The third-order valence-corrected chi connectivity index (χ3v) is 3.82. The standard InChI is InChI=1S/C15H16BrFN2/c1-2-19(15-9-4-3-7-13(15)17)10-11-12(16)6-5-8-14(11)18/h3-9H,2,10,18H2,1H3. The smallest absolute Gasteiger partial charge is 0.146 e. The van der Waals surface area contributed by atoms with Crippen molar-refractivity contribution in [1.82, 2.24) is 0 Å². The van der Waals surface area contributed by atoms with Crippen LogP contribution in [0.25, 0.3) is 0 Å². The van der Waals surface area contributed by atoms with Crippen molar-refractivity contribution in [2.45, 2.75) is 13.5 Å². The predicted molar refractivity (Wildman–Crippen MR) is 81.7 cm³/mol. The summed E-state index contributed by atoms with van der Waals surface area (Å²) in [6.07, 6.45) is 0. The summed E-state index contributed by atoms with van der Waals surface area (Å²) in [5.74, 6) is -0.213. The van der Waals surface area contributed by atoms with Crippen molar-refractivity contribution in [2.75, 3.05) is 17.2 Å². The lowest BCUT2D eigenvalue weighted by Gasteiger charge is -2.25. The summed E-state index contributed by atoms with van der Waals surface area (Å²) in [5, 5.41) is 0. The van der Waals surface area contributed by atoms with E-state index < -0.39 is 0 Å². The van der Waals surface area contributed by atoms with Gasteiger partial charge in [0.25, 0.3) is 0 Å². The summed E-state index contributed by atoms with van der Waals surface area (Å²) < 4.78 is 14.8. The first-order chi connectivity index (χ1) is 9.13. The number of halogens is 2. The lowest BCUT2D eigenvalue weighted by atomic mass is 10.1. The molecule has 0 saturated carbocycles. The van der Waals surface area contributed by atoms with Gasteiger partial charge in [-0.2, -0.15) is 0 Å². The van der Waals surface area contributed by atoms with E-state index in [2.05, 4.69) is 15.9 Å². The molecule has 0 amide bonds. The molecule has 0 fully saturated rings. The molecule has 0 unspecified atom stereocenters. The zero-order chi connectivity index (χ0) is 13.8. The molecule has 4 heteroatoms. The van der Waals surface area contributed by atoms with Crippen molar-refractivity contribution < 1.29 is 4.39 Å². The van der Waals surface area contributed by atoms with E-state index in [4.69, 9.17) is 5.73 Å². The van der Waals surface area contributed by atoms with Crippen LogP contribution in [0.15, 0.2) is 46.9 Å². The summed E-state index contributed by atoms with van der Waals surface area (Å²) in [6, 6.07) is 12.5. The van der Waals surface area contributed by atoms with Crippen molar-refractivity contribution >= 4 is 27.3 Å². The number of nitrogens with two attached hydrogens (primary N) is 1. The summed E-state index contributed by atoms with van der Waals surface area (Å²) >= 11 is 3.50. The monoisotopic (exact) mass is 322 g/mol. The predicted octanol–water partition coefficient (Wildman–Crippen LogP) is 4.20. The zero-order valence-electron chi connectivity index (χ0n) is 10.7. The molecule has 0 heterocycles. The van der Waals surface area contributed by atoms with Crippen molar-refractivity contribution in [3.63, 3.8) is 0 Å². The van der Waals surface area contributed by atoms with Gasteiger partial charge in [0, 0.05) is 28.8 Å². The maximum atomic E-state index is 13.8. The summed E-state index contributed by atoms with van der Waals surface area (Å²) in [4.78, 5) is 1.96. The Morgan fingerprint density at radius 3 is 2.53 bits per heavy atom. The van der Waals surface area contributed by atoms with E-state index in [0.29, 0.717) is 24.5 Å². The molecule has 2 rings (SSSR count). The molecule has 0 atom stereocenters. The third kappa shape index (κ3) is 3.07. The van der Waals surface area contributed by atoms with Gasteiger partial charge in [0.2, 0.25) is 0 Å². The Morgan fingerprint density at radius 1 is 1.16 bits per heavy atom. The first-order valence-electron chi connectivity index (χ1n) is 6.15. The Labute approximate surface area is 121 Å². The molecule has 2 N–H and O–H groups in total. The minimum absolute atomic E-state index is 0.213. The largest absolute Gasteiger partial charge is 0.398 e. The van der Waals surface area contributed by atoms with Crippen molar-refractivity contribution in [3.8, 4) is 0 Å². The van der Waals surface area contributed by atoms with Crippen molar-refractivity contribution in [2.24, 2.45) is 0 Å². The Kier molecular flexibility index (Phi) is 4.43. The van der Waals surface area contributed by atoms with Gasteiger partial charge < -0.3 is 10.6 Å². The Bertz CT molecular complexity index is 552. The van der Waals surface area contributed by atoms with Gasteiger partial charge in [0.1, 0.15) is 5.82 Å². The van der Waals surface area contributed by atoms with Crippen molar-refractivity contribution in [3.05, 3.63) is 58.3 Å². The molecule has 0 radical (unpaired) electrons. The molecule has 2 nitrogen and oxygen atoms in total. The minimum Gasteiger partial charge on any atom is -0.398 e. The minimum atomic E-state index is -0.213. The molecule has 19 heavy (non-hydrogen) atoms.